The van der Waals surface area contributed by atoms with Crippen molar-refractivity contribution in [2.75, 3.05) is 18.4 Å². The van der Waals surface area contributed by atoms with Gasteiger partial charge in [-0.15, -0.1) is 0 Å². The van der Waals surface area contributed by atoms with Crippen molar-refractivity contribution in [3.8, 4) is 0 Å². The number of allylic oxidation sites excluding steroid dienone is 1. The van der Waals surface area contributed by atoms with Crippen molar-refractivity contribution >= 4 is 23.2 Å². The number of alkyl halides is 3. The van der Waals surface area contributed by atoms with Crippen molar-refractivity contribution in [2.24, 2.45) is 0 Å². The Balaban J connectivity index is 1.72. The Morgan fingerprint density at radius 2 is 2.00 bits per heavy atom. The quantitative estimate of drug-likeness (QED) is 0.646. The summed E-state index contributed by atoms with van der Waals surface area (Å²) in [4.78, 5) is 11.8. The van der Waals surface area contributed by atoms with Crippen LogP contribution in [-0.4, -0.2) is 19.0 Å². The maximum atomic E-state index is 12.7. The molecule has 0 heterocycles. The Hall–Kier alpha value is -1.69. The summed E-state index contributed by atoms with van der Waals surface area (Å²) < 4.78 is 38.1. The molecule has 2 N–H and O–H groups in total. The van der Waals surface area contributed by atoms with Crippen LogP contribution in [0.4, 0.5) is 18.9 Å². The Kier molecular flexibility index (Phi) is 7.17. The molecule has 0 saturated heterocycles. The van der Waals surface area contributed by atoms with E-state index < -0.39 is 11.7 Å². The molecule has 0 spiro atoms. The molecule has 0 unspecified atom stereocenters. The third-order valence-electron chi connectivity index (χ3n) is 4.11. The molecule has 1 aliphatic rings. The maximum absolute atomic E-state index is 12.7. The van der Waals surface area contributed by atoms with E-state index in [-0.39, 0.29) is 29.6 Å². The predicted molar refractivity (Wildman–Crippen MR) is 93.7 cm³/mol. The third-order valence-corrected chi connectivity index (χ3v) is 4.44. The molecule has 0 saturated carbocycles. The first-order valence-corrected chi connectivity index (χ1v) is 8.79. The van der Waals surface area contributed by atoms with Crippen molar-refractivity contribution in [1.82, 2.24) is 5.32 Å². The van der Waals surface area contributed by atoms with E-state index in [0.717, 1.165) is 31.4 Å². The molecular formula is C18H22ClF3N2O. The number of hydrogen-bond donors (Lipinski definition) is 2. The van der Waals surface area contributed by atoms with Crippen molar-refractivity contribution in [1.29, 1.82) is 0 Å². The number of rotatable bonds is 7. The number of nitrogens with one attached hydrogen (secondary N) is 2. The number of hydrogen-bond acceptors (Lipinski definition) is 2. The summed E-state index contributed by atoms with van der Waals surface area (Å²) in [6.07, 6.45) is 3.51. The Labute approximate surface area is 150 Å². The summed E-state index contributed by atoms with van der Waals surface area (Å²) in [5, 5.41) is 5.82. The smallest absolute Gasteiger partial charge is 0.383 e. The van der Waals surface area contributed by atoms with Crippen LogP contribution in [-0.2, 0) is 11.0 Å². The van der Waals surface area contributed by atoms with Gasteiger partial charge in [-0.25, -0.2) is 0 Å². The van der Waals surface area contributed by atoms with Gasteiger partial charge in [-0.2, -0.15) is 13.2 Å². The summed E-state index contributed by atoms with van der Waals surface area (Å²) >= 11 is 5.89. The summed E-state index contributed by atoms with van der Waals surface area (Å²) in [6, 6.07) is 3.08. The van der Waals surface area contributed by atoms with Crippen LogP contribution in [0.3, 0.4) is 0 Å². The second kappa shape index (κ2) is 9.13. The van der Waals surface area contributed by atoms with Gasteiger partial charge >= 0.3 is 6.18 Å². The Bertz CT molecular complexity index is 629. The zero-order chi connectivity index (χ0) is 18.3. The van der Waals surface area contributed by atoms with E-state index in [1.807, 2.05) is 0 Å². The van der Waals surface area contributed by atoms with Crippen molar-refractivity contribution in [3.05, 3.63) is 40.4 Å². The molecule has 7 heteroatoms. The molecule has 1 aromatic rings. The van der Waals surface area contributed by atoms with E-state index in [9.17, 15) is 18.0 Å². The monoisotopic (exact) mass is 374 g/mol. The first kappa shape index (κ1) is 19.6. The topological polar surface area (TPSA) is 41.1 Å². The van der Waals surface area contributed by atoms with Crippen LogP contribution in [0.15, 0.2) is 29.8 Å². The number of benzene rings is 1. The average molecular weight is 375 g/mol. The molecule has 1 aromatic carbocycles. The van der Waals surface area contributed by atoms with E-state index in [4.69, 9.17) is 11.6 Å². The third kappa shape index (κ3) is 6.61. The van der Waals surface area contributed by atoms with Gasteiger partial charge in [0.1, 0.15) is 0 Å². The lowest BCUT2D eigenvalue weighted by Crippen LogP contribution is -2.26. The number of anilines is 1. The van der Waals surface area contributed by atoms with E-state index in [2.05, 4.69) is 16.7 Å². The number of carbonyl (C=O) groups is 1. The van der Waals surface area contributed by atoms with Crippen LogP contribution >= 0.6 is 11.6 Å². The molecule has 3 nitrogen and oxygen atoms in total. The van der Waals surface area contributed by atoms with Crippen LogP contribution < -0.4 is 10.6 Å². The molecule has 0 bridgehead atoms. The van der Waals surface area contributed by atoms with Gasteiger partial charge in [-0.3, -0.25) is 4.79 Å². The van der Waals surface area contributed by atoms with Gasteiger partial charge in [0, 0.05) is 19.5 Å². The highest BCUT2D eigenvalue weighted by molar-refractivity contribution is 6.33. The molecule has 1 amide bonds. The van der Waals surface area contributed by atoms with Gasteiger partial charge in [-0.05, 0) is 50.3 Å². The first-order chi connectivity index (χ1) is 11.9. The first-order valence-electron chi connectivity index (χ1n) is 8.41. The lowest BCUT2D eigenvalue weighted by molar-refractivity contribution is -0.137. The van der Waals surface area contributed by atoms with E-state index in [1.165, 1.54) is 24.5 Å². The van der Waals surface area contributed by atoms with Crippen molar-refractivity contribution in [2.45, 2.75) is 44.7 Å². The fourth-order valence-corrected chi connectivity index (χ4v) is 2.91. The van der Waals surface area contributed by atoms with Gasteiger partial charge in [0.15, 0.2) is 0 Å². The normalized spacial score (nSPS) is 14.8. The molecular weight excluding hydrogens is 353 g/mol. The molecule has 1 aliphatic carbocycles. The number of halogens is 4. The highest BCUT2D eigenvalue weighted by Gasteiger charge is 2.30. The van der Waals surface area contributed by atoms with Gasteiger partial charge in [-0.1, -0.05) is 23.3 Å². The molecule has 0 aliphatic heterocycles. The maximum Gasteiger partial charge on any atom is 0.416 e. The molecule has 2 rings (SSSR count). The van der Waals surface area contributed by atoms with Crippen LogP contribution in [0, 0.1) is 0 Å². The molecule has 0 fully saturated rings. The van der Waals surface area contributed by atoms with Gasteiger partial charge < -0.3 is 10.6 Å². The second-order valence-corrected chi connectivity index (χ2v) is 6.48. The van der Waals surface area contributed by atoms with E-state index >= 15 is 0 Å². The minimum absolute atomic E-state index is 0.132. The molecule has 0 atom stereocenters. The summed E-state index contributed by atoms with van der Waals surface area (Å²) in [5.41, 5.74) is 0.793. The highest BCUT2D eigenvalue weighted by atomic mass is 35.5. The predicted octanol–water partition coefficient (Wildman–Crippen LogP) is 5.17. The van der Waals surface area contributed by atoms with Gasteiger partial charge in [0.05, 0.1) is 16.3 Å². The van der Waals surface area contributed by atoms with Gasteiger partial charge in [0.2, 0.25) is 5.91 Å². The lowest BCUT2D eigenvalue weighted by atomic mass is 9.97. The molecule has 25 heavy (non-hydrogen) atoms. The van der Waals surface area contributed by atoms with Crippen LogP contribution in [0.5, 0.6) is 0 Å². The minimum Gasteiger partial charge on any atom is -0.383 e. The summed E-state index contributed by atoms with van der Waals surface area (Å²) in [6.45, 7) is 0.810. The lowest BCUT2D eigenvalue weighted by Gasteiger charge is -2.14. The number of amides is 1. The largest absolute Gasteiger partial charge is 0.416 e. The standard InChI is InChI=1S/C18H22ClF3N2O/c19-15-7-6-14(18(20,21)22)12-16(15)23-11-9-17(25)24-10-8-13-4-2-1-3-5-13/h4,6-7,12,23H,1-3,5,8-11H2,(H,24,25). The van der Waals surface area contributed by atoms with Crippen molar-refractivity contribution < 1.29 is 18.0 Å². The van der Waals surface area contributed by atoms with Crippen LogP contribution in [0.2, 0.25) is 5.02 Å². The zero-order valence-corrected chi connectivity index (χ0v) is 14.6. The number of carbonyl (C=O) groups excluding carboxylic acids is 1. The highest BCUT2D eigenvalue weighted by Crippen LogP contribution is 2.33. The van der Waals surface area contributed by atoms with Crippen molar-refractivity contribution in [3.63, 3.8) is 0 Å². The summed E-state index contributed by atoms with van der Waals surface area (Å²) in [5.74, 6) is -0.132. The summed E-state index contributed by atoms with van der Waals surface area (Å²) in [7, 11) is 0. The van der Waals surface area contributed by atoms with E-state index in [0.29, 0.717) is 6.54 Å². The van der Waals surface area contributed by atoms with Gasteiger partial charge in [0.25, 0.3) is 0 Å². The van der Waals surface area contributed by atoms with Crippen LogP contribution in [0.1, 0.15) is 44.1 Å². The van der Waals surface area contributed by atoms with Crippen LogP contribution in [0.25, 0.3) is 0 Å². The molecule has 0 aromatic heterocycles. The SMILES string of the molecule is O=C(CCNc1cc(C(F)(F)F)ccc1Cl)NCCC1=CCCCC1. The molecule has 0 radical (unpaired) electrons. The fourth-order valence-electron chi connectivity index (χ4n) is 2.73. The minimum atomic E-state index is -4.42. The molecule has 138 valence electrons. The zero-order valence-electron chi connectivity index (χ0n) is 13.9. The fraction of sp³-hybridized carbons (Fsp3) is 0.500. The van der Waals surface area contributed by atoms with E-state index in [1.54, 1.807) is 0 Å². The average Bonchev–Trinajstić information content (AvgIpc) is 2.56. The Morgan fingerprint density at radius 3 is 2.68 bits per heavy atom. The second-order valence-electron chi connectivity index (χ2n) is 6.08. The Morgan fingerprint density at radius 1 is 1.20 bits per heavy atom.